The van der Waals surface area contributed by atoms with Gasteiger partial charge in [-0.2, -0.15) is 0 Å². The lowest BCUT2D eigenvalue weighted by Gasteiger charge is -2.33. The van der Waals surface area contributed by atoms with Gasteiger partial charge >= 0.3 is 0 Å². The Morgan fingerprint density at radius 2 is 2.09 bits per heavy atom. The number of aromatic amines is 1. The predicted molar refractivity (Wildman–Crippen MR) is 122 cm³/mol. The third-order valence-electron chi connectivity index (χ3n) is 7.41. The molecule has 0 amide bonds. The van der Waals surface area contributed by atoms with E-state index < -0.39 is 0 Å². The lowest BCUT2D eigenvalue weighted by atomic mass is 9.87. The molecule has 3 atom stereocenters. The third kappa shape index (κ3) is 3.61. The van der Waals surface area contributed by atoms with Crippen LogP contribution in [-0.4, -0.2) is 74.4 Å². The molecule has 0 saturated carbocycles. The molecule has 2 aromatic heterocycles. The Hall–Kier alpha value is -2.71. The van der Waals surface area contributed by atoms with Crippen LogP contribution >= 0.6 is 0 Å². The van der Waals surface area contributed by atoms with Gasteiger partial charge in [-0.15, -0.1) is 0 Å². The van der Waals surface area contributed by atoms with Crippen LogP contribution in [0.25, 0.3) is 11.2 Å². The summed E-state index contributed by atoms with van der Waals surface area (Å²) in [5.74, 6) is 1.94. The maximum Gasteiger partial charge on any atom is 0.182 e. The zero-order chi connectivity index (χ0) is 21.5. The van der Waals surface area contributed by atoms with E-state index in [9.17, 15) is 5.11 Å². The van der Waals surface area contributed by atoms with Gasteiger partial charge in [0.05, 0.1) is 18.5 Å². The van der Waals surface area contributed by atoms with E-state index in [1.165, 1.54) is 11.1 Å². The summed E-state index contributed by atoms with van der Waals surface area (Å²) in [7, 11) is 0. The number of aryl methyl sites for hydroxylation is 1. The minimum Gasteiger partial charge on any atom is -0.491 e. The smallest absolute Gasteiger partial charge is 0.182 e. The second-order valence-corrected chi connectivity index (χ2v) is 9.33. The number of aliphatic hydroxyl groups is 1. The van der Waals surface area contributed by atoms with E-state index in [0.29, 0.717) is 18.3 Å². The van der Waals surface area contributed by atoms with Crippen molar-refractivity contribution in [2.24, 2.45) is 0 Å². The molecule has 3 aliphatic rings. The van der Waals surface area contributed by atoms with Gasteiger partial charge in [-0.05, 0) is 55.7 Å². The number of ether oxygens (including phenoxy) is 1. The Kier molecular flexibility index (Phi) is 5.19. The molecule has 0 spiro atoms. The molecule has 3 aromatic rings. The van der Waals surface area contributed by atoms with Crippen LogP contribution in [0.15, 0.2) is 30.9 Å². The number of anilines is 1. The van der Waals surface area contributed by atoms with Crippen LogP contribution in [0.5, 0.6) is 5.75 Å². The summed E-state index contributed by atoms with van der Waals surface area (Å²) in [6.45, 7) is 3.41. The van der Waals surface area contributed by atoms with Gasteiger partial charge < -0.3 is 19.7 Å². The maximum absolute atomic E-state index is 9.97. The quantitative estimate of drug-likeness (QED) is 0.637. The molecule has 1 aliphatic carbocycles. The van der Waals surface area contributed by atoms with Crippen molar-refractivity contribution in [3.63, 3.8) is 0 Å². The summed E-state index contributed by atoms with van der Waals surface area (Å²) in [5, 5.41) is 9.97. The molecular weight excluding hydrogens is 404 g/mol. The fourth-order valence-corrected chi connectivity index (χ4v) is 5.73. The lowest BCUT2D eigenvalue weighted by molar-refractivity contribution is 0.152. The van der Waals surface area contributed by atoms with Crippen molar-refractivity contribution in [1.29, 1.82) is 0 Å². The van der Waals surface area contributed by atoms with E-state index in [-0.39, 0.29) is 12.1 Å². The molecule has 4 heterocycles. The summed E-state index contributed by atoms with van der Waals surface area (Å²) < 4.78 is 6.49. The fraction of sp³-hybridized carbons (Fsp3) is 0.542. The highest BCUT2D eigenvalue weighted by Crippen LogP contribution is 2.34. The van der Waals surface area contributed by atoms with E-state index in [1.807, 2.05) is 0 Å². The highest BCUT2D eigenvalue weighted by atomic mass is 16.5. The van der Waals surface area contributed by atoms with Gasteiger partial charge in [0.2, 0.25) is 0 Å². The number of likely N-dealkylation sites (tertiary alicyclic amines) is 1. The highest BCUT2D eigenvalue weighted by molar-refractivity contribution is 5.83. The maximum atomic E-state index is 9.97. The van der Waals surface area contributed by atoms with Crippen LogP contribution < -0.4 is 9.64 Å². The van der Waals surface area contributed by atoms with E-state index in [1.54, 1.807) is 12.7 Å². The Morgan fingerprint density at radius 1 is 1.12 bits per heavy atom. The first-order valence-corrected chi connectivity index (χ1v) is 11.8. The summed E-state index contributed by atoms with van der Waals surface area (Å²) in [4.78, 5) is 21.1. The molecule has 32 heavy (non-hydrogen) atoms. The van der Waals surface area contributed by atoms with E-state index in [0.717, 1.165) is 75.2 Å². The number of H-pyrrole nitrogens is 1. The summed E-state index contributed by atoms with van der Waals surface area (Å²) in [6, 6.07) is 7.27. The predicted octanol–water partition coefficient (Wildman–Crippen LogP) is 2.32. The number of hydrogen-bond donors (Lipinski definition) is 2. The highest BCUT2D eigenvalue weighted by Gasteiger charge is 2.32. The molecule has 2 unspecified atom stereocenters. The average molecular weight is 435 g/mol. The van der Waals surface area contributed by atoms with Crippen molar-refractivity contribution in [1.82, 2.24) is 24.8 Å². The van der Waals surface area contributed by atoms with E-state index in [2.05, 4.69) is 47.9 Å². The number of aliphatic hydroxyl groups excluding tert-OH is 1. The largest absolute Gasteiger partial charge is 0.491 e. The number of fused-ring (bicyclic) bond motifs is 2. The Morgan fingerprint density at radius 3 is 3.00 bits per heavy atom. The monoisotopic (exact) mass is 434 g/mol. The van der Waals surface area contributed by atoms with Crippen LogP contribution in [-0.2, 0) is 12.8 Å². The Balaban J connectivity index is 1.19. The average Bonchev–Trinajstić information content (AvgIpc) is 3.57. The number of nitrogens with zero attached hydrogens (tertiary/aromatic N) is 5. The number of nitrogens with one attached hydrogen (secondary N) is 1. The first-order valence-electron chi connectivity index (χ1n) is 11.8. The SMILES string of the molecule is OC1CCN(C2CCc3cccc(OC[C@H]4CCCN4c4ncnc5nc[nH]c45)c3C2)C1. The zero-order valence-electron chi connectivity index (χ0n) is 18.3. The lowest BCUT2D eigenvalue weighted by Crippen LogP contribution is -2.38. The summed E-state index contributed by atoms with van der Waals surface area (Å²) in [5.41, 5.74) is 4.37. The van der Waals surface area contributed by atoms with Crippen molar-refractivity contribution in [2.75, 3.05) is 31.1 Å². The summed E-state index contributed by atoms with van der Waals surface area (Å²) in [6.07, 6.45) is 9.46. The van der Waals surface area contributed by atoms with Gasteiger partial charge in [0.1, 0.15) is 24.2 Å². The van der Waals surface area contributed by atoms with E-state index >= 15 is 0 Å². The van der Waals surface area contributed by atoms with Crippen LogP contribution in [0.1, 0.15) is 36.8 Å². The van der Waals surface area contributed by atoms with Gasteiger partial charge in [-0.3, -0.25) is 4.90 Å². The van der Waals surface area contributed by atoms with Crippen molar-refractivity contribution in [3.05, 3.63) is 42.0 Å². The second-order valence-electron chi connectivity index (χ2n) is 9.33. The second kappa shape index (κ2) is 8.33. The van der Waals surface area contributed by atoms with Crippen molar-refractivity contribution in [3.8, 4) is 5.75 Å². The van der Waals surface area contributed by atoms with Crippen LogP contribution in [0.3, 0.4) is 0 Å². The van der Waals surface area contributed by atoms with E-state index in [4.69, 9.17) is 4.74 Å². The number of hydrogen-bond acceptors (Lipinski definition) is 7. The van der Waals surface area contributed by atoms with Crippen molar-refractivity contribution < 1.29 is 9.84 Å². The number of imidazole rings is 1. The first kappa shape index (κ1) is 19.9. The molecule has 1 aromatic carbocycles. The third-order valence-corrected chi connectivity index (χ3v) is 7.41. The van der Waals surface area contributed by atoms with Crippen LogP contribution in [0.4, 0.5) is 5.82 Å². The molecule has 0 bridgehead atoms. The number of aromatic nitrogens is 4. The molecule has 2 saturated heterocycles. The molecule has 8 heteroatoms. The Bertz CT molecular complexity index is 1100. The minimum absolute atomic E-state index is 0.167. The van der Waals surface area contributed by atoms with Crippen molar-refractivity contribution >= 4 is 17.0 Å². The van der Waals surface area contributed by atoms with Crippen molar-refractivity contribution in [2.45, 2.75) is 56.7 Å². The molecule has 2 fully saturated rings. The Labute approximate surface area is 187 Å². The molecule has 2 N–H and O–H groups in total. The molecule has 8 nitrogen and oxygen atoms in total. The molecule has 2 aliphatic heterocycles. The van der Waals surface area contributed by atoms with Gasteiger partial charge in [0.15, 0.2) is 11.5 Å². The zero-order valence-corrected chi connectivity index (χ0v) is 18.3. The molecule has 6 rings (SSSR count). The topological polar surface area (TPSA) is 90.4 Å². The molecular formula is C24H30N6O2. The normalized spacial score (nSPS) is 26.0. The minimum atomic E-state index is -0.167. The van der Waals surface area contributed by atoms with Gasteiger partial charge in [-0.1, -0.05) is 12.1 Å². The number of benzene rings is 1. The molecule has 0 radical (unpaired) electrons. The standard InChI is InChI=1S/C24H30N6O2/c31-19-8-10-29(12-19)17-7-6-16-3-1-5-21(20(16)11-17)32-13-18-4-2-9-30(18)24-22-23(26-14-25-22)27-15-28-24/h1,3,5,14-15,17-19,31H,2,4,6-13H2,(H,25,26,27,28)/t17?,18-,19?/m1/s1. The number of rotatable bonds is 5. The van der Waals surface area contributed by atoms with Crippen LogP contribution in [0, 0.1) is 0 Å². The first-order chi connectivity index (χ1) is 15.8. The molecule has 168 valence electrons. The fourth-order valence-electron chi connectivity index (χ4n) is 5.73. The summed E-state index contributed by atoms with van der Waals surface area (Å²) >= 11 is 0. The number of β-amino-alcohol motifs (C(OH)–C–C–N with tert-alkyl or cyclic N) is 1. The van der Waals surface area contributed by atoms with Gasteiger partial charge in [0.25, 0.3) is 0 Å². The van der Waals surface area contributed by atoms with Crippen LogP contribution in [0.2, 0.25) is 0 Å². The van der Waals surface area contributed by atoms with Gasteiger partial charge in [-0.25, -0.2) is 15.0 Å². The van der Waals surface area contributed by atoms with Gasteiger partial charge in [0, 0.05) is 25.7 Å².